The first-order valence-corrected chi connectivity index (χ1v) is 12.4. The second-order valence-electron chi connectivity index (χ2n) is 9.59. The third-order valence-electron chi connectivity index (χ3n) is 6.71. The molecule has 4 heterocycles. The van der Waals surface area contributed by atoms with E-state index in [0.29, 0.717) is 16.9 Å². The first-order chi connectivity index (χ1) is 15.9. The number of anilines is 2. The molecule has 2 aromatic heterocycles. The molecule has 0 radical (unpaired) electrons. The second-order valence-corrected chi connectivity index (χ2v) is 10.4. The Hall–Kier alpha value is -2.57. The molecule has 0 amide bonds. The summed E-state index contributed by atoms with van der Waals surface area (Å²) in [5, 5.41) is 4.97. The fourth-order valence-electron chi connectivity index (χ4n) is 5.43. The van der Waals surface area contributed by atoms with Crippen molar-refractivity contribution in [2.24, 2.45) is 18.9 Å². The van der Waals surface area contributed by atoms with Crippen molar-refractivity contribution >= 4 is 40.3 Å². The van der Waals surface area contributed by atoms with Gasteiger partial charge in [0.2, 0.25) is 0 Å². The van der Waals surface area contributed by atoms with Crippen LogP contribution >= 0.6 is 23.8 Å². The van der Waals surface area contributed by atoms with E-state index in [4.69, 9.17) is 23.8 Å². The summed E-state index contributed by atoms with van der Waals surface area (Å²) in [6, 6.07) is 14.4. The summed E-state index contributed by atoms with van der Waals surface area (Å²) < 4.78 is 2.07. The predicted molar refractivity (Wildman–Crippen MR) is 140 cm³/mol. The van der Waals surface area contributed by atoms with Crippen LogP contribution in [0.2, 0.25) is 5.02 Å². The molecule has 3 aromatic rings. The summed E-state index contributed by atoms with van der Waals surface area (Å²) in [4.78, 5) is 9.23. The first-order valence-electron chi connectivity index (χ1n) is 11.6. The topological polar surface area (TPSA) is 36.3 Å². The quantitative estimate of drug-likeness (QED) is 0.483. The van der Waals surface area contributed by atoms with Gasteiger partial charge in [0, 0.05) is 44.4 Å². The zero-order chi connectivity index (χ0) is 23.1. The third kappa shape index (κ3) is 4.34. The smallest absolute Gasteiger partial charge is 0.174 e. The van der Waals surface area contributed by atoms with Crippen molar-refractivity contribution < 1.29 is 0 Å². The van der Waals surface area contributed by atoms with Gasteiger partial charge in [-0.15, -0.1) is 0 Å². The summed E-state index contributed by atoms with van der Waals surface area (Å²) in [6.07, 6.45) is 7.32. The minimum atomic E-state index is -0.0525. The molecule has 0 aliphatic carbocycles. The molecule has 2 aliphatic heterocycles. The lowest BCUT2D eigenvalue weighted by atomic mass is 9.91. The van der Waals surface area contributed by atoms with Crippen LogP contribution in [0, 0.1) is 11.8 Å². The van der Waals surface area contributed by atoms with Gasteiger partial charge in [0.05, 0.1) is 28.5 Å². The van der Waals surface area contributed by atoms with E-state index in [2.05, 4.69) is 81.2 Å². The van der Waals surface area contributed by atoms with Crippen LogP contribution in [0.4, 0.5) is 11.4 Å². The molecule has 0 spiro atoms. The zero-order valence-corrected chi connectivity index (χ0v) is 20.9. The maximum absolute atomic E-state index is 6.89. The Morgan fingerprint density at radius 1 is 1.09 bits per heavy atom. The number of pyridine rings is 1. The number of nitrogens with zero attached hydrogens (tertiary/aromatic N) is 4. The van der Waals surface area contributed by atoms with E-state index in [9.17, 15) is 0 Å². The number of halogens is 1. The fourth-order valence-corrected chi connectivity index (χ4v) is 6.07. The van der Waals surface area contributed by atoms with E-state index >= 15 is 0 Å². The van der Waals surface area contributed by atoms with Crippen molar-refractivity contribution in [1.82, 2.24) is 14.9 Å². The number of benzene rings is 1. The van der Waals surface area contributed by atoms with Crippen LogP contribution < -0.4 is 15.1 Å². The number of nitrogens with one attached hydrogen (secondary N) is 1. The minimum absolute atomic E-state index is 0.0226. The van der Waals surface area contributed by atoms with Gasteiger partial charge in [0.25, 0.3) is 0 Å². The van der Waals surface area contributed by atoms with Gasteiger partial charge in [0.1, 0.15) is 0 Å². The van der Waals surface area contributed by atoms with Gasteiger partial charge in [0.15, 0.2) is 5.11 Å². The van der Waals surface area contributed by atoms with Crippen molar-refractivity contribution in [2.75, 3.05) is 22.9 Å². The highest BCUT2D eigenvalue weighted by atomic mass is 35.5. The molecular formula is C26H30ClN5S. The molecule has 0 bridgehead atoms. The van der Waals surface area contributed by atoms with E-state index < -0.39 is 0 Å². The highest BCUT2D eigenvalue weighted by Gasteiger charge is 2.41. The summed E-state index contributed by atoms with van der Waals surface area (Å²) in [5.74, 6) is 1.34. The number of aromatic nitrogens is 2. The molecule has 2 aliphatic rings. The van der Waals surface area contributed by atoms with Gasteiger partial charge in [-0.25, -0.2) is 0 Å². The largest absolute Gasteiger partial charge is 0.370 e. The molecule has 0 saturated carbocycles. The number of thiocarbonyl (C=S) groups is 1. The van der Waals surface area contributed by atoms with Crippen LogP contribution in [0.25, 0.3) is 0 Å². The van der Waals surface area contributed by atoms with Crippen molar-refractivity contribution in [3.63, 3.8) is 0 Å². The second kappa shape index (κ2) is 8.99. The number of rotatable bonds is 4. The number of piperidine rings is 1. The maximum Gasteiger partial charge on any atom is 0.174 e. The Labute approximate surface area is 206 Å². The molecule has 1 aromatic carbocycles. The van der Waals surface area contributed by atoms with Gasteiger partial charge in [-0.3, -0.25) is 4.98 Å². The van der Waals surface area contributed by atoms with E-state index in [-0.39, 0.29) is 12.1 Å². The lowest BCUT2D eigenvalue weighted by molar-refractivity contribution is 0.357. The number of hydrogen-bond donors (Lipinski definition) is 1. The van der Waals surface area contributed by atoms with E-state index in [1.165, 1.54) is 12.0 Å². The van der Waals surface area contributed by atoms with Gasteiger partial charge in [-0.05, 0) is 72.4 Å². The van der Waals surface area contributed by atoms with Crippen LogP contribution in [0.1, 0.15) is 43.6 Å². The highest BCUT2D eigenvalue weighted by Crippen LogP contribution is 2.43. The Bertz CT molecular complexity index is 1140. The van der Waals surface area contributed by atoms with Crippen LogP contribution in [-0.2, 0) is 7.05 Å². The molecule has 172 valence electrons. The predicted octanol–water partition coefficient (Wildman–Crippen LogP) is 5.73. The Balaban J connectivity index is 1.51. The molecule has 5 rings (SSSR count). The van der Waals surface area contributed by atoms with E-state index in [1.807, 2.05) is 25.4 Å². The Morgan fingerprint density at radius 2 is 1.88 bits per heavy atom. The molecule has 2 fully saturated rings. The van der Waals surface area contributed by atoms with Crippen molar-refractivity contribution in [1.29, 1.82) is 0 Å². The normalized spacial score (nSPS) is 25.4. The summed E-state index contributed by atoms with van der Waals surface area (Å²) in [6.45, 7) is 6.73. The summed E-state index contributed by atoms with van der Waals surface area (Å²) in [7, 11) is 2.04. The monoisotopic (exact) mass is 479 g/mol. The average Bonchev–Trinajstić information content (AvgIpc) is 3.36. The van der Waals surface area contributed by atoms with Crippen molar-refractivity contribution in [3.8, 4) is 0 Å². The molecule has 1 N–H and O–H groups in total. The van der Waals surface area contributed by atoms with Gasteiger partial charge < -0.3 is 19.7 Å². The first kappa shape index (κ1) is 22.2. The highest BCUT2D eigenvalue weighted by molar-refractivity contribution is 7.80. The lowest BCUT2D eigenvalue weighted by Crippen LogP contribution is -2.38. The third-order valence-corrected chi connectivity index (χ3v) is 7.33. The van der Waals surface area contributed by atoms with Gasteiger partial charge in [-0.1, -0.05) is 31.5 Å². The molecule has 4 atom stereocenters. The lowest BCUT2D eigenvalue weighted by Gasteiger charge is -2.37. The van der Waals surface area contributed by atoms with E-state index in [0.717, 1.165) is 35.2 Å². The van der Waals surface area contributed by atoms with E-state index in [1.54, 1.807) is 0 Å². The van der Waals surface area contributed by atoms with Crippen LogP contribution in [0.15, 0.2) is 61.1 Å². The molecule has 5 nitrogen and oxygen atoms in total. The minimum Gasteiger partial charge on any atom is -0.370 e. The molecular weight excluding hydrogens is 450 g/mol. The number of aryl methyl sites for hydroxylation is 1. The molecule has 7 heteroatoms. The Morgan fingerprint density at radius 3 is 2.52 bits per heavy atom. The number of hydrogen-bond acceptors (Lipinski definition) is 3. The SMILES string of the molecule is C[C@@H]1C[C@@H](C)CN(c2ccc(N3C(=S)N[C@@H](c4ccccn4)[C@@H]3c3ccn(C)c3)cc2Cl)C1. The fraction of sp³-hybridized carbons (Fsp3) is 0.385. The molecule has 2 saturated heterocycles. The average molecular weight is 480 g/mol. The maximum atomic E-state index is 6.89. The zero-order valence-electron chi connectivity index (χ0n) is 19.3. The van der Waals surface area contributed by atoms with Crippen LogP contribution in [-0.4, -0.2) is 27.8 Å². The summed E-state index contributed by atoms with van der Waals surface area (Å²) in [5.41, 5.74) is 4.25. The summed E-state index contributed by atoms with van der Waals surface area (Å²) >= 11 is 12.7. The van der Waals surface area contributed by atoms with Crippen LogP contribution in [0.5, 0.6) is 0 Å². The van der Waals surface area contributed by atoms with Gasteiger partial charge in [-0.2, -0.15) is 0 Å². The standard InChI is InChI=1S/C26H30ClN5S/c1-17-12-18(2)15-31(14-17)23-8-7-20(13-21(23)27)32-25(19-9-11-30(3)16-19)24(29-26(32)33)22-6-4-5-10-28-22/h4-11,13,16-18,24-25H,12,14-15H2,1-3H3,(H,29,33)/t17-,18-,24+,25+/m1/s1. The molecule has 0 unspecified atom stereocenters. The van der Waals surface area contributed by atoms with Gasteiger partial charge >= 0.3 is 0 Å². The van der Waals surface area contributed by atoms with Crippen molar-refractivity contribution in [2.45, 2.75) is 32.4 Å². The van der Waals surface area contributed by atoms with Crippen molar-refractivity contribution in [3.05, 3.63) is 77.3 Å². The van der Waals surface area contributed by atoms with Crippen LogP contribution in [0.3, 0.4) is 0 Å². The Kier molecular flexibility index (Phi) is 6.06. The molecule has 33 heavy (non-hydrogen) atoms.